The molecule has 0 radical (unpaired) electrons. The smallest absolute Gasteiger partial charge is 0.428 e. The average molecular weight is 515 g/mol. The molecule has 0 saturated heterocycles. The maximum absolute atomic E-state index is 13.1. The Morgan fingerprint density at radius 2 is 1.71 bits per heavy atom. The Hall–Kier alpha value is -4.86. The van der Waals surface area contributed by atoms with Crippen LogP contribution in [0.15, 0.2) is 102 Å². The third-order valence-corrected chi connectivity index (χ3v) is 6.14. The number of aromatic nitrogens is 1. The highest BCUT2D eigenvalue weighted by Gasteiger charge is 2.34. The van der Waals surface area contributed by atoms with E-state index in [1.54, 1.807) is 36.4 Å². The first-order chi connectivity index (χ1) is 18.5. The summed E-state index contributed by atoms with van der Waals surface area (Å²) in [4.78, 5) is 45.5. The van der Waals surface area contributed by atoms with E-state index in [0.29, 0.717) is 30.5 Å². The van der Waals surface area contributed by atoms with E-state index in [1.807, 2.05) is 36.4 Å². The van der Waals surface area contributed by atoms with Crippen LogP contribution in [0.2, 0.25) is 0 Å². The molecule has 10 nitrogen and oxygen atoms in total. The molecule has 1 amide bonds. The number of carbonyl (C=O) groups excluding carboxylic acids is 2. The van der Waals surface area contributed by atoms with Crippen molar-refractivity contribution in [3.05, 3.63) is 118 Å². The predicted molar refractivity (Wildman–Crippen MR) is 140 cm³/mol. The Balaban J connectivity index is 1.57. The van der Waals surface area contributed by atoms with Gasteiger partial charge in [-0.1, -0.05) is 65.8 Å². The number of hydrogen-bond donors (Lipinski definition) is 1. The Bertz CT molecular complexity index is 1310. The van der Waals surface area contributed by atoms with Gasteiger partial charge in [0.05, 0.1) is 0 Å². The van der Waals surface area contributed by atoms with E-state index in [0.717, 1.165) is 11.1 Å². The van der Waals surface area contributed by atoms with Gasteiger partial charge in [-0.15, -0.1) is 0 Å². The zero-order valence-electron chi connectivity index (χ0n) is 20.4. The third-order valence-electron chi connectivity index (χ3n) is 6.14. The topological polar surface area (TPSA) is 133 Å². The average Bonchev–Trinajstić information content (AvgIpc) is 2.95. The van der Waals surface area contributed by atoms with Crippen molar-refractivity contribution in [1.82, 2.24) is 4.98 Å². The summed E-state index contributed by atoms with van der Waals surface area (Å²) in [5.41, 5.74) is 2.35. The number of ether oxygens (including phenoxy) is 1. The van der Waals surface area contributed by atoms with Crippen LogP contribution >= 0.6 is 0 Å². The lowest BCUT2D eigenvalue weighted by Gasteiger charge is -2.27. The van der Waals surface area contributed by atoms with Crippen molar-refractivity contribution in [3.8, 4) is 0 Å². The van der Waals surface area contributed by atoms with Crippen LogP contribution in [0.4, 0.5) is 10.5 Å². The van der Waals surface area contributed by atoms with Gasteiger partial charge in [0.1, 0.15) is 6.61 Å². The highest BCUT2D eigenvalue weighted by molar-refractivity contribution is 6.47. The van der Waals surface area contributed by atoms with Crippen molar-refractivity contribution in [2.24, 2.45) is 5.16 Å². The maximum atomic E-state index is 13.1. The van der Waals surface area contributed by atoms with Crippen molar-refractivity contribution in [3.63, 3.8) is 0 Å². The van der Waals surface area contributed by atoms with Crippen molar-refractivity contribution in [2.45, 2.75) is 37.8 Å². The first kappa shape index (κ1) is 26.2. The summed E-state index contributed by atoms with van der Waals surface area (Å²) < 4.78 is 5.06. The van der Waals surface area contributed by atoms with Crippen molar-refractivity contribution < 1.29 is 24.1 Å². The van der Waals surface area contributed by atoms with Gasteiger partial charge in [0.2, 0.25) is 6.04 Å². The second kappa shape index (κ2) is 12.9. The zero-order chi connectivity index (χ0) is 26.7. The number of nitrogens with zero attached hydrogens (tertiary/aromatic N) is 3. The van der Waals surface area contributed by atoms with Crippen molar-refractivity contribution in [1.29, 1.82) is 0 Å². The number of anilines is 1. The maximum Gasteiger partial charge on any atom is 0.535 e. The number of amides is 1. The second-order valence-corrected chi connectivity index (χ2v) is 8.69. The number of pyridine rings is 1. The van der Waals surface area contributed by atoms with Crippen LogP contribution in [-0.2, 0) is 21.0 Å². The molecule has 3 aromatic rings. The molecule has 1 heterocycles. The summed E-state index contributed by atoms with van der Waals surface area (Å²) in [6, 6.07) is 20.8. The molecule has 194 valence electrons. The molecule has 1 N–H and O–H groups in total. The van der Waals surface area contributed by atoms with Crippen LogP contribution in [0, 0.1) is 10.1 Å². The van der Waals surface area contributed by atoms with Crippen LogP contribution in [0.3, 0.4) is 0 Å². The van der Waals surface area contributed by atoms with E-state index in [9.17, 15) is 19.7 Å². The lowest BCUT2D eigenvalue weighted by atomic mass is 9.78. The SMILES string of the molecule is O=C(OCc1ccccc1)O/N=C(\C=C1\CC(c2ccccc2)CCC1[N+](=O)[O-])C(=O)Nc1ccncc1. The fraction of sp³-hybridized carbons (Fsp3) is 0.214. The van der Waals surface area contributed by atoms with Gasteiger partial charge in [-0.3, -0.25) is 24.7 Å². The monoisotopic (exact) mass is 514 g/mol. The van der Waals surface area contributed by atoms with Crippen LogP contribution in [0.1, 0.15) is 36.3 Å². The van der Waals surface area contributed by atoms with Crippen molar-refractivity contribution in [2.75, 3.05) is 5.32 Å². The highest BCUT2D eigenvalue weighted by atomic mass is 16.8. The van der Waals surface area contributed by atoms with Crippen LogP contribution < -0.4 is 5.32 Å². The molecular weight excluding hydrogens is 488 g/mol. The molecule has 1 saturated carbocycles. The zero-order valence-corrected chi connectivity index (χ0v) is 20.4. The van der Waals surface area contributed by atoms with E-state index in [1.165, 1.54) is 18.5 Å². The lowest BCUT2D eigenvalue weighted by Crippen LogP contribution is -2.30. The molecule has 1 aromatic heterocycles. The quantitative estimate of drug-likeness (QED) is 0.142. The fourth-order valence-corrected chi connectivity index (χ4v) is 4.24. The standard InChI is InChI=1S/C28H26N4O6/c33-27(30-24-13-15-29-16-14-24)25(31-38-28(34)37-19-20-7-3-1-4-8-20)18-23-17-22(11-12-26(23)32(35)36)21-9-5-2-6-10-21/h1-10,13-16,18,22,26H,11-12,17,19H2,(H,29,30,33)/b23-18-,31-25+. The third kappa shape index (κ3) is 7.33. The number of hydrogen-bond acceptors (Lipinski definition) is 8. The number of nitrogens with one attached hydrogen (secondary N) is 1. The molecule has 4 rings (SSSR count). The minimum atomic E-state index is -1.11. The lowest BCUT2D eigenvalue weighted by molar-refractivity contribution is -0.514. The molecule has 2 unspecified atom stereocenters. The van der Waals surface area contributed by atoms with E-state index >= 15 is 0 Å². The first-order valence-corrected chi connectivity index (χ1v) is 12.1. The van der Waals surface area contributed by atoms with Gasteiger partial charge in [0, 0.05) is 35.0 Å². The molecule has 0 bridgehead atoms. The molecule has 2 atom stereocenters. The summed E-state index contributed by atoms with van der Waals surface area (Å²) in [6.07, 6.45) is 4.51. The first-order valence-electron chi connectivity index (χ1n) is 12.1. The summed E-state index contributed by atoms with van der Waals surface area (Å²) >= 11 is 0. The van der Waals surface area contributed by atoms with Gasteiger partial charge in [0.25, 0.3) is 5.91 Å². The van der Waals surface area contributed by atoms with Gasteiger partial charge in [-0.2, -0.15) is 0 Å². The molecule has 2 aromatic carbocycles. The fourth-order valence-electron chi connectivity index (χ4n) is 4.24. The highest BCUT2D eigenvalue weighted by Crippen LogP contribution is 2.37. The van der Waals surface area contributed by atoms with Crippen LogP contribution in [-0.4, -0.2) is 33.7 Å². The van der Waals surface area contributed by atoms with E-state index in [4.69, 9.17) is 9.57 Å². The predicted octanol–water partition coefficient (Wildman–Crippen LogP) is 5.27. The van der Waals surface area contributed by atoms with Gasteiger partial charge in [-0.25, -0.2) is 4.79 Å². The minimum Gasteiger partial charge on any atom is -0.428 e. The van der Waals surface area contributed by atoms with Gasteiger partial charge in [0.15, 0.2) is 5.71 Å². The van der Waals surface area contributed by atoms with Gasteiger partial charge < -0.3 is 10.1 Å². The Kier molecular flexibility index (Phi) is 8.90. The summed E-state index contributed by atoms with van der Waals surface area (Å²) in [5, 5.41) is 18.2. The number of oxime groups is 1. The Morgan fingerprint density at radius 1 is 1.03 bits per heavy atom. The Morgan fingerprint density at radius 3 is 2.39 bits per heavy atom. The largest absolute Gasteiger partial charge is 0.535 e. The van der Waals surface area contributed by atoms with Gasteiger partial charge >= 0.3 is 6.16 Å². The normalized spacial score (nSPS) is 18.4. The van der Waals surface area contributed by atoms with Crippen LogP contribution in [0.5, 0.6) is 0 Å². The minimum absolute atomic E-state index is 0.0416. The number of carbonyl (C=O) groups is 2. The second-order valence-electron chi connectivity index (χ2n) is 8.69. The number of benzene rings is 2. The molecule has 1 aliphatic rings. The molecule has 0 aliphatic heterocycles. The van der Waals surface area contributed by atoms with E-state index in [-0.39, 0.29) is 23.2 Å². The van der Waals surface area contributed by atoms with Crippen molar-refractivity contribution >= 4 is 23.5 Å². The molecule has 1 aliphatic carbocycles. The molecule has 0 spiro atoms. The number of rotatable bonds is 8. The summed E-state index contributed by atoms with van der Waals surface area (Å²) in [6.45, 7) is -0.0447. The molecule has 38 heavy (non-hydrogen) atoms. The summed E-state index contributed by atoms with van der Waals surface area (Å²) in [5.74, 6) is -0.664. The number of nitro groups is 1. The van der Waals surface area contributed by atoms with E-state index < -0.39 is 18.1 Å². The summed E-state index contributed by atoms with van der Waals surface area (Å²) in [7, 11) is 0. The van der Waals surface area contributed by atoms with Gasteiger partial charge in [-0.05, 0) is 48.1 Å². The molecule has 10 heteroatoms. The Labute approximate surface area is 219 Å². The van der Waals surface area contributed by atoms with Crippen LogP contribution in [0.25, 0.3) is 0 Å². The van der Waals surface area contributed by atoms with E-state index in [2.05, 4.69) is 15.5 Å². The molecule has 1 fully saturated rings. The molecular formula is C28H26N4O6.